The zero-order valence-electron chi connectivity index (χ0n) is 21.1. The first kappa shape index (κ1) is 26.6. The number of rotatable bonds is 7. The highest BCUT2D eigenvalue weighted by Gasteiger charge is 2.75. The van der Waals surface area contributed by atoms with Gasteiger partial charge in [-0.25, -0.2) is 12.8 Å². The number of likely N-dealkylation sites (N-methyl/N-ethyl adjacent to an activating group) is 1. The molecule has 2 aromatic carbocycles. The summed E-state index contributed by atoms with van der Waals surface area (Å²) in [6.07, 6.45) is -3.13. The van der Waals surface area contributed by atoms with E-state index in [1.807, 2.05) is 0 Å². The normalized spacial score (nSPS) is 28.3. The molecule has 7 nitrogen and oxygen atoms in total. The SMILES string of the molecule is CN(C)C(=O)[C@]1(C)CN=C(C23CC(N(Cc4ccc(C(F)(F)F)cc4)S(=O)(=O)c4ccc(F)cc4)(C2)C3)N1. The average Bonchev–Trinajstić information content (AvgIpc) is 3.19. The van der Waals surface area contributed by atoms with E-state index in [-0.39, 0.29) is 29.3 Å². The summed E-state index contributed by atoms with van der Waals surface area (Å²) in [5.74, 6) is -0.00513. The van der Waals surface area contributed by atoms with Gasteiger partial charge in [0.05, 0.1) is 17.0 Å². The highest BCUT2D eigenvalue weighted by molar-refractivity contribution is 7.89. The summed E-state index contributed by atoms with van der Waals surface area (Å²) < 4.78 is 81.5. The maximum atomic E-state index is 13.8. The molecule has 1 atom stereocenters. The Morgan fingerprint density at radius 2 is 1.61 bits per heavy atom. The van der Waals surface area contributed by atoms with Crippen LogP contribution in [0.15, 0.2) is 58.4 Å². The Bertz CT molecular complexity index is 1390. The van der Waals surface area contributed by atoms with E-state index >= 15 is 0 Å². The Hall–Kier alpha value is -2.99. The summed E-state index contributed by atoms with van der Waals surface area (Å²) in [4.78, 5) is 18.6. The van der Waals surface area contributed by atoms with E-state index in [1.165, 1.54) is 33.5 Å². The number of nitrogens with one attached hydrogen (secondary N) is 1. The quantitative estimate of drug-likeness (QED) is 0.530. The van der Waals surface area contributed by atoms with Gasteiger partial charge in [-0.2, -0.15) is 17.5 Å². The first-order valence-electron chi connectivity index (χ1n) is 12.1. The summed E-state index contributed by atoms with van der Waals surface area (Å²) in [6, 6.07) is 8.91. The van der Waals surface area contributed by atoms with Gasteiger partial charge in [-0.05, 0) is 68.1 Å². The number of hydrogen-bond donors (Lipinski definition) is 1. The third kappa shape index (κ3) is 4.17. The molecule has 1 heterocycles. The number of hydrogen-bond acceptors (Lipinski definition) is 5. The van der Waals surface area contributed by atoms with Gasteiger partial charge in [0.2, 0.25) is 15.9 Å². The molecule has 3 aliphatic carbocycles. The smallest absolute Gasteiger partial charge is 0.358 e. The zero-order chi connectivity index (χ0) is 27.7. The van der Waals surface area contributed by atoms with Crippen molar-refractivity contribution in [2.24, 2.45) is 10.4 Å². The van der Waals surface area contributed by atoms with Gasteiger partial charge in [0.25, 0.3) is 0 Å². The molecule has 1 amide bonds. The summed E-state index contributed by atoms with van der Waals surface area (Å²) >= 11 is 0. The van der Waals surface area contributed by atoms with E-state index in [0.717, 1.165) is 24.3 Å². The van der Waals surface area contributed by atoms with Crippen LogP contribution in [0.4, 0.5) is 17.6 Å². The lowest BCUT2D eigenvalue weighted by molar-refractivity contribution is -0.151. The topological polar surface area (TPSA) is 82.1 Å². The Morgan fingerprint density at radius 3 is 2.13 bits per heavy atom. The van der Waals surface area contributed by atoms with Crippen molar-refractivity contribution in [1.82, 2.24) is 14.5 Å². The molecule has 6 rings (SSSR count). The summed E-state index contributed by atoms with van der Waals surface area (Å²) in [5, 5.41) is 3.27. The first-order valence-corrected chi connectivity index (χ1v) is 13.5. The second-order valence-electron chi connectivity index (χ2n) is 11.0. The van der Waals surface area contributed by atoms with E-state index in [0.29, 0.717) is 30.7 Å². The molecule has 4 aliphatic rings. The van der Waals surface area contributed by atoms with Crippen LogP contribution in [0.5, 0.6) is 0 Å². The van der Waals surface area contributed by atoms with Crippen molar-refractivity contribution >= 4 is 21.8 Å². The van der Waals surface area contributed by atoms with Crippen LogP contribution in [0, 0.1) is 11.2 Å². The lowest BCUT2D eigenvalue weighted by Gasteiger charge is -2.73. The van der Waals surface area contributed by atoms with Crippen molar-refractivity contribution in [3.8, 4) is 0 Å². The van der Waals surface area contributed by atoms with Gasteiger partial charge in [-0.1, -0.05) is 12.1 Å². The minimum atomic E-state index is -4.50. The van der Waals surface area contributed by atoms with Gasteiger partial charge >= 0.3 is 6.18 Å². The van der Waals surface area contributed by atoms with Crippen molar-refractivity contribution in [1.29, 1.82) is 0 Å². The minimum Gasteiger partial charge on any atom is -0.358 e. The number of carbonyl (C=O) groups excluding carboxylic acids is 1. The fourth-order valence-electron chi connectivity index (χ4n) is 5.95. The first-order chi connectivity index (χ1) is 17.6. The van der Waals surface area contributed by atoms with Crippen LogP contribution in [0.25, 0.3) is 0 Å². The third-order valence-corrected chi connectivity index (χ3v) is 9.83. The van der Waals surface area contributed by atoms with Crippen molar-refractivity contribution < 1.29 is 30.8 Å². The van der Waals surface area contributed by atoms with Gasteiger partial charge in [0.1, 0.15) is 17.2 Å². The van der Waals surface area contributed by atoms with Crippen LogP contribution in [-0.2, 0) is 27.5 Å². The standard InChI is InChI=1S/C26H28F4N4O3S/c1-23(22(35)33(2)3)16-31-21(32-23)24-13-25(14-24,15-24)34(38(36,37)20-10-8-19(27)9-11-20)12-17-4-6-18(7-5-17)26(28,29)30/h4-11H,12-16H2,1-3H3,(H,31,32)/t23-,24?,25?/m0/s1. The van der Waals surface area contributed by atoms with E-state index in [2.05, 4.69) is 10.3 Å². The Labute approximate surface area is 218 Å². The Kier molecular flexibility index (Phi) is 5.96. The predicted octanol–water partition coefficient (Wildman–Crippen LogP) is 3.81. The second-order valence-corrected chi connectivity index (χ2v) is 12.9. The third-order valence-electron chi connectivity index (χ3n) is 7.87. The molecular weight excluding hydrogens is 524 g/mol. The van der Waals surface area contributed by atoms with E-state index in [1.54, 1.807) is 21.0 Å². The van der Waals surface area contributed by atoms with Crippen LogP contribution < -0.4 is 5.32 Å². The number of sulfonamides is 1. The zero-order valence-corrected chi connectivity index (χ0v) is 22.0. The molecule has 12 heteroatoms. The number of alkyl halides is 3. The van der Waals surface area contributed by atoms with E-state index in [4.69, 9.17) is 0 Å². The number of halogens is 4. The minimum absolute atomic E-state index is 0.0925. The van der Waals surface area contributed by atoms with Crippen molar-refractivity contribution in [3.63, 3.8) is 0 Å². The Morgan fingerprint density at radius 1 is 1.03 bits per heavy atom. The van der Waals surface area contributed by atoms with Crippen LogP contribution in [0.1, 0.15) is 37.3 Å². The molecule has 204 valence electrons. The number of carbonyl (C=O) groups is 1. The predicted molar refractivity (Wildman–Crippen MR) is 132 cm³/mol. The molecule has 38 heavy (non-hydrogen) atoms. The number of aliphatic imine (C=N–C) groups is 1. The largest absolute Gasteiger partial charge is 0.416 e. The Balaban J connectivity index is 1.41. The van der Waals surface area contributed by atoms with Crippen LogP contribution in [0.2, 0.25) is 0 Å². The van der Waals surface area contributed by atoms with Gasteiger partial charge in [-0.15, -0.1) is 0 Å². The molecule has 0 unspecified atom stereocenters. The molecule has 0 spiro atoms. The maximum absolute atomic E-state index is 13.8. The number of nitrogens with zero attached hydrogens (tertiary/aromatic N) is 3. The molecule has 0 saturated heterocycles. The van der Waals surface area contributed by atoms with Crippen molar-refractivity contribution in [2.45, 2.75) is 54.9 Å². The second kappa shape index (κ2) is 8.51. The van der Waals surface area contributed by atoms with Gasteiger partial charge in [0, 0.05) is 31.6 Å². The molecule has 3 fully saturated rings. The molecule has 1 aliphatic heterocycles. The summed E-state index contributed by atoms with van der Waals surface area (Å²) in [5.41, 5.74) is -2.44. The van der Waals surface area contributed by atoms with Crippen LogP contribution in [0.3, 0.4) is 0 Å². The van der Waals surface area contributed by atoms with Gasteiger partial charge < -0.3 is 10.2 Å². The monoisotopic (exact) mass is 552 g/mol. The molecule has 3 saturated carbocycles. The van der Waals surface area contributed by atoms with Crippen molar-refractivity contribution in [2.75, 3.05) is 20.6 Å². The fourth-order valence-corrected chi connectivity index (χ4v) is 7.71. The average molecular weight is 553 g/mol. The highest BCUT2D eigenvalue weighted by Crippen LogP contribution is 2.71. The molecule has 2 bridgehead atoms. The number of benzene rings is 2. The highest BCUT2D eigenvalue weighted by atomic mass is 32.2. The van der Waals surface area contributed by atoms with E-state index in [9.17, 15) is 30.8 Å². The van der Waals surface area contributed by atoms with E-state index < -0.39 is 38.7 Å². The number of amidine groups is 1. The van der Waals surface area contributed by atoms with Gasteiger partial charge in [0.15, 0.2) is 0 Å². The summed E-state index contributed by atoms with van der Waals surface area (Å²) in [6.45, 7) is 1.92. The maximum Gasteiger partial charge on any atom is 0.416 e. The molecule has 0 radical (unpaired) electrons. The van der Waals surface area contributed by atoms with Gasteiger partial charge in [-0.3, -0.25) is 9.79 Å². The van der Waals surface area contributed by atoms with Crippen LogP contribution >= 0.6 is 0 Å². The lowest BCUT2D eigenvalue weighted by atomic mass is 9.38. The molecule has 2 aromatic rings. The molecule has 0 aromatic heterocycles. The molecular formula is C26H28F4N4O3S. The summed E-state index contributed by atoms with van der Waals surface area (Å²) in [7, 11) is -0.771. The van der Waals surface area contributed by atoms with Crippen molar-refractivity contribution in [3.05, 3.63) is 65.5 Å². The van der Waals surface area contributed by atoms with Crippen LogP contribution in [-0.4, -0.2) is 61.1 Å². The molecule has 1 N–H and O–H groups in total. The lowest BCUT2D eigenvalue weighted by Crippen LogP contribution is -2.79. The fraction of sp³-hybridized carbons (Fsp3) is 0.462. The number of amides is 1.